The van der Waals surface area contributed by atoms with Crippen LogP contribution in [0.5, 0.6) is 5.75 Å². The molecule has 0 aromatic heterocycles. The molecule has 4 nitrogen and oxygen atoms in total. The van der Waals surface area contributed by atoms with Crippen LogP contribution in [-0.4, -0.2) is 23.2 Å². The largest absolute Gasteiger partial charge is 0.481 e. The van der Waals surface area contributed by atoms with Crippen molar-refractivity contribution >= 4 is 5.91 Å². The highest BCUT2D eigenvalue weighted by Crippen LogP contribution is 2.15. The van der Waals surface area contributed by atoms with Crippen LogP contribution in [0, 0.1) is 0 Å². The average Bonchev–Trinajstić information content (AvgIpc) is 2.44. The van der Waals surface area contributed by atoms with Crippen LogP contribution in [0.3, 0.4) is 0 Å². The molecular formula is C15H23NO3. The fraction of sp³-hybridized carbons (Fsp3) is 0.533. The van der Waals surface area contributed by atoms with Crippen LogP contribution in [0.2, 0.25) is 0 Å². The summed E-state index contributed by atoms with van der Waals surface area (Å²) in [5, 5.41) is 12.0. The Labute approximate surface area is 114 Å². The molecule has 1 atom stereocenters. The highest BCUT2D eigenvalue weighted by atomic mass is 16.5. The van der Waals surface area contributed by atoms with E-state index in [4.69, 9.17) is 9.84 Å². The lowest BCUT2D eigenvalue weighted by atomic mass is 10.1. The number of carbonyl (C=O) groups excluding carboxylic acids is 1. The summed E-state index contributed by atoms with van der Waals surface area (Å²) in [5.74, 6) is 0.488. The van der Waals surface area contributed by atoms with E-state index in [-0.39, 0.29) is 18.6 Å². The number of carbonyl (C=O) groups is 1. The summed E-state index contributed by atoms with van der Waals surface area (Å²) < 4.78 is 5.59. The highest BCUT2D eigenvalue weighted by Gasteiger charge is 2.17. The Morgan fingerprint density at radius 3 is 2.63 bits per heavy atom. The zero-order valence-electron chi connectivity index (χ0n) is 11.8. The van der Waals surface area contributed by atoms with Gasteiger partial charge in [-0.25, -0.2) is 0 Å². The number of hydrogen-bond acceptors (Lipinski definition) is 3. The topological polar surface area (TPSA) is 58.6 Å². The SMILES string of the molecule is CCC(CC)NC(=O)C(C)Oc1cccc(CO)c1. The molecule has 1 aromatic carbocycles. The van der Waals surface area contributed by atoms with Crippen molar-refractivity contribution in [3.63, 3.8) is 0 Å². The van der Waals surface area contributed by atoms with Gasteiger partial charge in [0.2, 0.25) is 0 Å². The standard InChI is InChI=1S/C15H23NO3/c1-4-13(5-2)16-15(18)11(3)19-14-8-6-7-12(9-14)10-17/h6-9,11,13,17H,4-5,10H2,1-3H3,(H,16,18). The fourth-order valence-corrected chi connectivity index (χ4v) is 1.79. The van der Waals surface area contributed by atoms with Gasteiger partial charge in [0.25, 0.3) is 5.91 Å². The van der Waals surface area contributed by atoms with Crippen LogP contribution in [0.4, 0.5) is 0 Å². The third kappa shape index (κ3) is 4.91. The minimum Gasteiger partial charge on any atom is -0.481 e. The summed E-state index contributed by atoms with van der Waals surface area (Å²) in [6.07, 6.45) is 1.28. The van der Waals surface area contributed by atoms with Crippen molar-refractivity contribution in [2.75, 3.05) is 0 Å². The first-order chi connectivity index (χ1) is 9.10. The molecule has 0 bridgehead atoms. The summed E-state index contributed by atoms with van der Waals surface area (Å²) >= 11 is 0. The first-order valence-electron chi connectivity index (χ1n) is 6.77. The first-order valence-corrected chi connectivity index (χ1v) is 6.77. The molecule has 1 rings (SSSR count). The van der Waals surface area contributed by atoms with Crippen LogP contribution in [-0.2, 0) is 11.4 Å². The summed E-state index contributed by atoms with van der Waals surface area (Å²) in [7, 11) is 0. The molecule has 1 aromatic rings. The van der Waals surface area contributed by atoms with E-state index in [0.29, 0.717) is 5.75 Å². The van der Waals surface area contributed by atoms with E-state index in [1.807, 2.05) is 19.9 Å². The van der Waals surface area contributed by atoms with E-state index in [0.717, 1.165) is 18.4 Å². The molecule has 0 aliphatic carbocycles. The third-order valence-electron chi connectivity index (χ3n) is 3.10. The molecule has 0 heterocycles. The predicted octanol–water partition coefficient (Wildman–Crippen LogP) is 2.25. The molecule has 0 fully saturated rings. The number of nitrogens with one attached hydrogen (secondary N) is 1. The van der Waals surface area contributed by atoms with Gasteiger partial charge in [-0.05, 0) is 37.5 Å². The van der Waals surface area contributed by atoms with Gasteiger partial charge < -0.3 is 15.2 Å². The maximum atomic E-state index is 11.9. The number of aliphatic hydroxyl groups is 1. The van der Waals surface area contributed by atoms with Crippen molar-refractivity contribution < 1.29 is 14.6 Å². The Balaban J connectivity index is 2.57. The van der Waals surface area contributed by atoms with Gasteiger partial charge in [-0.2, -0.15) is 0 Å². The van der Waals surface area contributed by atoms with Crippen molar-refractivity contribution in [3.8, 4) is 5.75 Å². The molecule has 0 spiro atoms. The van der Waals surface area contributed by atoms with Crippen molar-refractivity contribution in [3.05, 3.63) is 29.8 Å². The van der Waals surface area contributed by atoms with Crippen molar-refractivity contribution in [1.29, 1.82) is 0 Å². The van der Waals surface area contributed by atoms with E-state index in [1.54, 1.807) is 25.1 Å². The van der Waals surface area contributed by atoms with Gasteiger partial charge >= 0.3 is 0 Å². The number of benzene rings is 1. The van der Waals surface area contributed by atoms with Gasteiger partial charge in [0, 0.05) is 6.04 Å². The quantitative estimate of drug-likeness (QED) is 0.795. The fourth-order valence-electron chi connectivity index (χ4n) is 1.79. The van der Waals surface area contributed by atoms with Gasteiger partial charge in [0.15, 0.2) is 6.10 Å². The summed E-state index contributed by atoms with van der Waals surface area (Å²) in [6.45, 7) is 5.78. The highest BCUT2D eigenvalue weighted by molar-refractivity contribution is 5.81. The minimum atomic E-state index is -0.547. The Morgan fingerprint density at radius 1 is 1.37 bits per heavy atom. The van der Waals surface area contributed by atoms with Gasteiger partial charge in [-0.1, -0.05) is 26.0 Å². The Bertz CT molecular complexity index is 402. The van der Waals surface area contributed by atoms with E-state index < -0.39 is 6.10 Å². The van der Waals surface area contributed by atoms with Gasteiger partial charge in [-0.15, -0.1) is 0 Å². The van der Waals surface area contributed by atoms with Crippen molar-refractivity contribution in [2.45, 2.75) is 52.4 Å². The van der Waals surface area contributed by atoms with Crippen LogP contribution >= 0.6 is 0 Å². The Hall–Kier alpha value is -1.55. The third-order valence-corrected chi connectivity index (χ3v) is 3.10. The van der Waals surface area contributed by atoms with E-state index in [1.165, 1.54) is 0 Å². The van der Waals surface area contributed by atoms with Crippen molar-refractivity contribution in [1.82, 2.24) is 5.32 Å². The number of rotatable bonds is 7. The molecule has 0 saturated carbocycles. The molecule has 19 heavy (non-hydrogen) atoms. The van der Waals surface area contributed by atoms with Crippen LogP contribution in [0.25, 0.3) is 0 Å². The molecule has 4 heteroatoms. The monoisotopic (exact) mass is 265 g/mol. The molecule has 0 saturated heterocycles. The molecule has 1 unspecified atom stereocenters. The number of aliphatic hydroxyl groups excluding tert-OH is 1. The maximum absolute atomic E-state index is 11.9. The second kappa shape index (κ2) is 7.79. The second-order valence-electron chi connectivity index (χ2n) is 4.59. The second-order valence-corrected chi connectivity index (χ2v) is 4.59. The Kier molecular flexibility index (Phi) is 6.36. The van der Waals surface area contributed by atoms with Crippen LogP contribution < -0.4 is 10.1 Å². The first kappa shape index (κ1) is 15.5. The van der Waals surface area contributed by atoms with Crippen LogP contribution in [0.1, 0.15) is 39.2 Å². The van der Waals surface area contributed by atoms with Gasteiger partial charge in [0.1, 0.15) is 5.75 Å². The van der Waals surface area contributed by atoms with E-state index >= 15 is 0 Å². The zero-order valence-corrected chi connectivity index (χ0v) is 11.8. The lowest BCUT2D eigenvalue weighted by molar-refractivity contribution is -0.128. The molecule has 0 radical (unpaired) electrons. The molecule has 106 valence electrons. The van der Waals surface area contributed by atoms with Crippen LogP contribution in [0.15, 0.2) is 24.3 Å². The van der Waals surface area contributed by atoms with Gasteiger partial charge in [-0.3, -0.25) is 4.79 Å². The molecule has 1 amide bonds. The normalized spacial score (nSPS) is 12.3. The van der Waals surface area contributed by atoms with Gasteiger partial charge in [0.05, 0.1) is 6.61 Å². The summed E-state index contributed by atoms with van der Waals surface area (Å²) in [5.41, 5.74) is 0.769. The minimum absolute atomic E-state index is 0.0362. The molecule has 0 aliphatic rings. The lowest BCUT2D eigenvalue weighted by Gasteiger charge is -2.19. The zero-order chi connectivity index (χ0) is 14.3. The maximum Gasteiger partial charge on any atom is 0.260 e. The number of hydrogen-bond donors (Lipinski definition) is 2. The molecular weight excluding hydrogens is 242 g/mol. The molecule has 0 aliphatic heterocycles. The molecule has 2 N–H and O–H groups in total. The summed E-state index contributed by atoms with van der Waals surface area (Å²) in [4.78, 5) is 11.9. The number of ether oxygens (including phenoxy) is 1. The van der Waals surface area contributed by atoms with E-state index in [2.05, 4.69) is 5.32 Å². The van der Waals surface area contributed by atoms with Crippen molar-refractivity contribution in [2.24, 2.45) is 0 Å². The summed E-state index contributed by atoms with van der Waals surface area (Å²) in [6, 6.07) is 7.32. The lowest BCUT2D eigenvalue weighted by Crippen LogP contribution is -2.42. The predicted molar refractivity (Wildman–Crippen MR) is 75.0 cm³/mol. The van der Waals surface area contributed by atoms with E-state index in [9.17, 15) is 4.79 Å². The Morgan fingerprint density at radius 2 is 2.05 bits per heavy atom. The smallest absolute Gasteiger partial charge is 0.260 e. The average molecular weight is 265 g/mol. The number of amides is 1.